The van der Waals surface area contributed by atoms with E-state index in [1.54, 1.807) is 48.5 Å². The van der Waals surface area contributed by atoms with E-state index < -0.39 is 0 Å². The van der Waals surface area contributed by atoms with Crippen LogP contribution in [0.2, 0.25) is 5.02 Å². The molecular weight excluding hydrogens is 290 g/mol. The molecule has 0 saturated heterocycles. The summed E-state index contributed by atoms with van der Waals surface area (Å²) in [5, 5.41) is 10.8. The van der Waals surface area contributed by atoms with E-state index in [1.165, 1.54) is 6.39 Å². The molecule has 0 radical (unpaired) electrons. The maximum Gasteiger partial charge on any atom is 0.255 e. The van der Waals surface area contributed by atoms with E-state index in [2.05, 4.69) is 15.5 Å². The zero-order valence-corrected chi connectivity index (χ0v) is 11.5. The maximum atomic E-state index is 12.1. The highest BCUT2D eigenvalue weighted by Gasteiger charge is 2.08. The molecule has 0 fully saturated rings. The lowest BCUT2D eigenvalue weighted by Crippen LogP contribution is -2.11. The second kappa shape index (κ2) is 5.76. The van der Waals surface area contributed by atoms with Gasteiger partial charge in [0.1, 0.15) is 0 Å². The number of carbonyl (C=O) groups excluding carboxylic acids is 1. The van der Waals surface area contributed by atoms with Crippen LogP contribution >= 0.6 is 11.6 Å². The number of amides is 1. The molecule has 6 heteroatoms. The van der Waals surface area contributed by atoms with Gasteiger partial charge in [0.05, 0.1) is 0 Å². The van der Waals surface area contributed by atoms with Crippen LogP contribution in [0.25, 0.3) is 11.5 Å². The van der Waals surface area contributed by atoms with Crippen molar-refractivity contribution in [2.75, 3.05) is 5.32 Å². The minimum absolute atomic E-state index is 0.214. The second-order valence-electron chi connectivity index (χ2n) is 4.29. The number of aromatic nitrogens is 2. The van der Waals surface area contributed by atoms with E-state index in [-0.39, 0.29) is 5.91 Å². The number of nitrogens with one attached hydrogen (secondary N) is 1. The first-order chi connectivity index (χ1) is 10.2. The molecule has 0 aliphatic heterocycles. The Bertz CT molecular complexity index is 755. The summed E-state index contributed by atoms with van der Waals surface area (Å²) >= 11 is 5.88. The van der Waals surface area contributed by atoms with Crippen molar-refractivity contribution in [2.45, 2.75) is 0 Å². The Morgan fingerprint density at radius 2 is 1.95 bits per heavy atom. The van der Waals surface area contributed by atoms with Crippen molar-refractivity contribution in [2.24, 2.45) is 0 Å². The van der Waals surface area contributed by atoms with Gasteiger partial charge < -0.3 is 9.73 Å². The minimum atomic E-state index is -0.214. The van der Waals surface area contributed by atoms with Gasteiger partial charge in [0.2, 0.25) is 12.3 Å². The van der Waals surface area contributed by atoms with Gasteiger partial charge in [-0.15, -0.1) is 10.2 Å². The molecule has 1 aromatic heterocycles. The average molecular weight is 300 g/mol. The zero-order valence-electron chi connectivity index (χ0n) is 10.8. The van der Waals surface area contributed by atoms with Gasteiger partial charge >= 0.3 is 0 Å². The number of hydrogen-bond donors (Lipinski definition) is 1. The summed E-state index contributed by atoms with van der Waals surface area (Å²) in [6.07, 6.45) is 1.26. The van der Waals surface area contributed by atoms with Crippen LogP contribution in [0.4, 0.5) is 5.69 Å². The van der Waals surface area contributed by atoms with Crippen LogP contribution in [0.5, 0.6) is 0 Å². The smallest absolute Gasteiger partial charge is 0.255 e. The lowest BCUT2D eigenvalue weighted by atomic mass is 10.1. The number of nitrogens with zero attached hydrogens (tertiary/aromatic N) is 2. The molecule has 0 aliphatic rings. The number of carbonyl (C=O) groups is 1. The van der Waals surface area contributed by atoms with E-state index in [0.29, 0.717) is 22.2 Å². The predicted molar refractivity (Wildman–Crippen MR) is 79.1 cm³/mol. The van der Waals surface area contributed by atoms with Crippen molar-refractivity contribution < 1.29 is 9.21 Å². The Balaban J connectivity index is 1.76. The van der Waals surface area contributed by atoms with Gasteiger partial charge in [-0.05, 0) is 42.5 Å². The third-order valence-electron chi connectivity index (χ3n) is 2.84. The Hall–Kier alpha value is -2.66. The van der Waals surface area contributed by atoms with E-state index in [9.17, 15) is 4.79 Å². The maximum absolute atomic E-state index is 12.1. The summed E-state index contributed by atoms with van der Waals surface area (Å²) in [6.45, 7) is 0. The molecule has 0 saturated carbocycles. The summed E-state index contributed by atoms with van der Waals surface area (Å²) in [5.74, 6) is 0.200. The van der Waals surface area contributed by atoms with E-state index in [4.69, 9.17) is 16.0 Å². The standard InChI is InChI=1S/C15H10ClN3O2/c16-12-2-1-3-13(8-12)18-14(20)10-4-6-11(7-5-10)15-19-17-9-21-15/h1-9H,(H,18,20). The van der Waals surface area contributed by atoms with Crippen molar-refractivity contribution in [3.8, 4) is 11.5 Å². The summed E-state index contributed by atoms with van der Waals surface area (Å²) in [4.78, 5) is 12.1. The number of benzene rings is 2. The normalized spacial score (nSPS) is 10.3. The van der Waals surface area contributed by atoms with Crippen molar-refractivity contribution in [3.05, 3.63) is 65.5 Å². The topological polar surface area (TPSA) is 68.0 Å². The minimum Gasteiger partial charge on any atom is -0.423 e. The summed E-state index contributed by atoms with van der Waals surface area (Å²) in [6, 6.07) is 13.9. The van der Waals surface area contributed by atoms with Gasteiger partial charge in [0.15, 0.2) is 0 Å². The van der Waals surface area contributed by atoms with Crippen LogP contribution in [0.3, 0.4) is 0 Å². The molecule has 1 amide bonds. The fourth-order valence-corrected chi connectivity index (χ4v) is 2.02. The number of hydrogen-bond acceptors (Lipinski definition) is 4. The fraction of sp³-hybridized carbons (Fsp3) is 0. The molecule has 0 spiro atoms. The Morgan fingerprint density at radius 1 is 1.14 bits per heavy atom. The quantitative estimate of drug-likeness (QED) is 0.801. The molecule has 0 unspecified atom stereocenters. The molecule has 0 bridgehead atoms. The summed E-state index contributed by atoms with van der Waals surface area (Å²) in [5.41, 5.74) is 1.93. The Labute approximate surface area is 125 Å². The largest absolute Gasteiger partial charge is 0.423 e. The first-order valence-electron chi connectivity index (χ1n) is 6.16. The van der Waals surface area contributed by atoms with Gasteiger partial charge in [-0.25, -0.2) is 0 Å². The lowest BCUT2D eigenvalue weighted by Gasteiger charge is -2.05. The number of halogens is 1. The molecule has 104 valence electrons. The van der Waals surface area contributed by atoms with Gasteiger partial charge in [0, 0.05) is 21.8 Å². The summed E-state index contributed by atoms with van der Waals surface area (Å²) in [7, 11) is 0. The lowest BCUT2D eigenvalue weighted by molar-refractivity contribution is 0.102. The highest BCUT2D eigenvalue weighted by Crippen LogP contribution is 2.18. The summed E-state index contributed by atoms with van der Waals surface area (Å²) < 4.78 is 5.09. The molecule has 21 heavy (non-hydrogen) atoms. The van der Waals surface area contributed by atoms with Gasteiger partial charge in [-0.3, -0.25) is 4.79 Å². The third kappa shape index (κ3) is 3.09. The Kier molecular flexibility index (Phi) is 3.66. The van der Waals surface area contributed by atoms with Crippen LogP contribution in [-0.4, -0.2) is 16.1 Å². The molecule has 0 aliphatic carbocycles. The number of anilines is 1. The molecule has 5 nitrogen and oxygen atoms in total. The average Bonchev–Trinajstić information content (AvgIpc) is 3.01. The van der Waals surface area contributed by atoms with Crippen molar-refractivity contribution in [1.82, 2.24) is 10.2 Å². The van der Waals surface area contributed by atoms with Crippen molar-refractivity contribution in [1.29, 1.82) is 0 Å². The van der Waals surface area contributed by atoms with E-state index >= 15 is 0 Å². The van der Waals surface area contributed by atoms with Crippen molar-refractivity contribution >= 4 is 23.2 Å². The van der Waals surface area contributed by atoms with Gasteiger partial charge in [-0.2, -0.15) is 0 Å². The van der Waals surface area contributed by atoms with Crippen LogP contribution < -0.4 is 5.32 Å². The predicted octanol–water partition coefficient (Wildman–Crippen LogP) is 3.64. The van der Waals surface area contributed by atoms with Gasteiger partial charge in [0.25, 0.3) is 5.91 Å². The zero-order chi connectivity index (χ0) is 14.7. The van der Waals surface area contributed by atoms with Crippen LogP contribution in [-0.2, 0) is 0 Å². The SMILES string of the molecule is O=C(Nc1cccc(Cl)c1)c1ccc(-c2nnco2)cc1. The Morgan fingerprint density at radius 3 is 2.62 bits per heavy atom. The second-order valence-corrected chi connectivity index (χ2v) is 4.72. The molecule has 0 atom stereocenters. The fourth-order valence-electron chi connectivity index (χ4n) is 1.83. The van der Waals surface area contributed by atoms with E-state index in [0.717, 1.165) is 5.56 Å². The molecular formula is C15H10ClN3O2. The van der Waals surface area contributed by atoms with Gasteiger partial charge in [-0.1, -0.05) is 17.7 Å². The molecule has 2 aromatic carbocycles. The monoisotopic (exact) mass is 299 g/mol. The van der Waals surface area contributed by atoms with Crippen molar-refractivity contribution in [3.63, 3.8) is 0 Å². The highest BCUT2D eigenvalue weighted by atomic mass is 35.5. The molecule has 1 N–H and O–H groups in total. The molecule has 3 aromatic rings. The third-order valence-corrected chi connectivity index (χ3v) is 3.07. The van der Waals surface area contributed by atoms with Crippen LogP contribution in [0.1, 0.15) is 10.4 Å². The van der Waals surface area contributed by atoms with E-state index in [1.807, 2.05) is 0 Å². The first kappa shape index (κ1) is 13.3. The molecule has 3 rings (SSSR count). The number of rotatable bonds is 3. The first-order valence-corrected chi connectivity index (χ1v) is 6.54. The highest BCUT2D eigenvalue weighted by molar-refractivity contribution is 6.30. The van der Waals surface area contributed by atoms with Crippen LogP contribution in [0, 0.1) is 0 Å². The van der Waals surface area contributed by atoms with Crippen LogP contribution in [0.15, 0.2) is 59.3 Å². The molecule has 1 heterocycles.